The first-order chi connectivity index (χ1) is 6.63. The summed E-state index contributed by atoms with van der Waals surface area (Å²) in [6.07, 6.45) is 0.667. The highest BCUT2D eigenvalue weighted by atomic mass is 79.9. The lowest BCUT2D eigenvalue weighted by molar-refractivity contribution is -0.122. The molecule has 0 spiro atoms. The van der Waals surface area contributed by atoms with Gasteiger partial charge in [0, 0.05) is 4.88 Å². The Hall–Kier alpha value is -0.390. The summed E-state index contributed by atoms with van der Waals surface area (Å²) in [5.41, 5.74) is 5.57. The van der Waals surface area contributed by atoms with E-state index in [1.807, 2.05) is 19.1 Å². The SMILES string of the molecule is CC[C@@H](N)C(=O)NCc1ccc(Br)s1. The van der Waals surface area contributed by atoms with Gasteiger partial charge in [-0.1, -0.05) is 6.92 Å². The summed E-state index contributed by atoms with van der Waals surface area (Å²) in [5.74, 6) is -0.0861. The van der Waals surface area contributed by atoms with Gasteiger partial charge in [-0.05, 0) is 34.5 Å². The zero-order valence-corrected chi connectivity index (χ0v) is 10.3. The van der Waals surface area contributed by atoms with Crippen molar-refractivity contribution in [2.24, 2.45) is 5.73 Å². The van der Waals surface area contributed by atoms with Crippen LogP contribution in [-0.4, -0.2) is 11.9 Å². The third-order valence-electron chi connectivity index (χ3n) is 1.84. The van der Waals surface area contributed by atoms with Crippen LogP contribution in [0.1, 0.15) is 18.2 Å². The molecule has 0 saturated carbocycles. The van der Waals surface area contributed by atoms with Gasteiger partial charge in [0.2, 0.25) is 5.91 Å². The number of nitrogens with one attached hydrogen (secondary N) is 1. The maximum absolute atomic E-state index is 11.3. The maximum atomic E-state index is 11.3. The highest BCUT2D eigenvalue weighted by molar-refractivity contribution is 9.11. The summed E-state index contributed by atoms with van der Waals surface area (Å²) in [6, 6.07) is 3.55. The van der Waals surface area contributed by atoms with E-state index in [1.54, 1.807) is 11.3 Å². The number of nitrogens with two attached hydrogens (primary N) is 1. The third kappa shape index (κ3) is 3.40. The number of rotatable bonds is 4. The zero-order valence-electron chi connectivity index (χ0n) is 7.92. The first-order valence-electron chi connectivity index (χ1n) is 4.41. The van der Waals surface area contributed by atoms with E-state index in [9.17, 15) is 4.79 Å². The van der Waals surface area contributed by atoms with Crippen LogP contribution in [0.2, 0.25) is 0 Å². The van der Waals surface area contributed by atoms with E-state index in [1.165, 1.54) is 0 Å². The van der Waals surface area contributed by atoms with E-state index in [4.69, 9.17) is 5.73 Å². The van der Waals surface area contributed by atoms with Crippen molar-refractivity contribution in [1.29, 1.82) is 0 Å². The number of halogens is 1. The molecule has 5 heteroatoms. The molecule has 0 bridgehead atoms. The van der Waals surface area contributed by atoms with Crippen LogP contribution in [0.25, 0.3) is 0 Å². The molecule has 1 rings (SSSR count). The van der Waals surface area contributed by atoms with Crippen LogP contribution in [0, 0.1) is 0 Å². The number of carbonyl (C=O) groups excluding carboxylic acids is 1. The van der Waals surface area contributed by atoms with Crippen LogP contribution in [0.4, 0.5) is 0 Å². The molecular formula is C9H13BrN2OS. The summed E-state index contributed by atoms with van der Waals surface area (Å²) >= 11 is 4.97. The quantitative estimate of drug-likeness (QED) is 0.882. The van der Waals surface area contributed by atoms with Gasteiger partial charge in [-0.25, -0.2) is 0 Å². The Kier molecular flexibility index (Phi) is 4.57. The van der Waals surface area contributed by atoms with Gasteiger partial charge in [0.05, 0.1) is 16.4 Å². The summed E-state index contributed by atoms with van der Waals surface area (Å²) in [4.78, 5) is 12.4. The van der Waals surface area contributed by atoms with Crippen molar-refractivity contribution in [1.82, 2.24) is 5.32 Å². The Balaban J connectivity index is 2.37. The fourth-order valence-corrected chi connectivity index (χ4v) is 2.36. The highest BCUT2D eigenvalue weighted by Crippen LogP contribution is 2.21. The van der Waals surface area contributed by atoms with Crippen molar-refractivity contribution in [3.63, 3.8) is 0 Å². The third-order valence-corrected chi connectivity index (χ3v) is 3.47. The molecule has 0 aliphatic rings. The summed E-state index contributed by atoms with van der Waals surface area (Å²) in [5, 5.41) is 2.79. The lowest BCUT2D eigenvalue weighted by atomic mass is 10.2. The standard InChI is InChI=1S/C9H13BrN2OS/c1-2-7(11)9(13)12-5-6-3-4-8(10)14-6/h3-4,7H,2,5,11H2,1H3,(H,12,13)/t7-/m1/s1. The second kappa shape index (κ2) is 5.48. The predicted molar refractivity (Wildman–Crippen MR) is 62.1 cm³/mol. The number of hydrogen-bond acceptors (Lipinski definition) is 3. The Morgan fingerprint density at radius 3 is 2.93 bits per heavy atom. The minimum Gasteiger partial charge on any atom is -0.350 e. The minimum absolute atomic E-state index is 0.0861. The normalized spacial score (nSPS) is 12.5. The first kappa shape index (κ1) is 11.7. The monoisotopic (exact) mass is 276 g/mol. The molecule has 0 aliphatic carbocycles. The molecule has 1 heterocycles. The Morgan fingerprint density at radius 2 is 2.43 bits per heavy atom. The molecule has 0 saturated heterocycles. The van der Waals surface area contributed by atoms with Crippen LogP contribution in [0.3, 0.4) is 0 Å². The number of thiophene rings is 1. The Morgan fingerprint density at radius 1 is 1.71 bits per heavy atom. The van der Waals surface area contributed by atoms with Crippen LogP contribution in [0.5, 0.6) is 0 Å². The Bertz CT molecular complexity index is 314. The average Bonchev–Trinajstić information content (AvgIpc) is 2.59. The number of hydrogen-bond donors (Lipinski definition) is 2. The average molecular weight is 277 g/mol. The van der Waals surface area contributed by atoms with E-state index < -0.39 is 6.04 Å². The van der Waals surface area contributed by atoms with Gasteiger partial charge in [0.15, 0.2) is 0 Å². The lowest BCUT2D eigenvalue weighted by Gasteiger charge is -2.08. The zero-order chi connectivity index (χ0) is 10.6. The molecule has 3 nitrogen and oxygen atoms in total. The smallest absolute Gasteiger partial charge is 0.237 e. The first-order valence-corrected chi connectivity index (χ1v) is 6.02. The second-order valence-electron chi connectivity index (χ2n) is 2.94. The van der Waals surface area contributed by atoms with Gasteiger partial charge >= 0.3 is 0 Å². The largest absolute Gasteiger partial charge is 0.350 e. The van der Waals surface area contributed by atoms with Crippen LogP contribution in [0.15, 0.2) is 15.9 Å². The van der Waals surface area contributed by atoms with Crippen molar-refractivity contribution in [3.8, 4) is 0 Å². The van der Waals surface area contributed by atoms with E-state index in [0.29, 0.717) is 13.0 Å². The Labute approximate surface area is 95.8 Å². The molecule has 78 valence electrons. The molecule has 0 aliphatic heterocycles. The molecule has 1 aromatic heterocycles. The van der Waals surface area contributed by atoms with Gasteiger partial charge in [-0.15, -0.1) is 11.3 Å². The van der Waals surface area contributed by atoms with Crippen molar-refractivity contribution in [2.45, 2.75) is 25.9 Å². The lowest BCUT2D eigenvalue weighted by Crippen LogP contribution is -2.39. The predicted octanol–water partition coefficient (Wildman–Crippen LogP) is 1.86. The van der Waals surface area contributed by atoms with Crippen molar-refractivity contribution < 1.29 is 4.79 Å². The van der Waals surface area contributed by atoms with Crippen molar-refractivity contribution >= 4 is 33.2 Å². The van der Waals surface area contributed by atoms with E-state index >= 15 is 0 Å². The topological polar surface area (TPSA) is 55.1 Å². The highest BCUT2D eigenvalue weighted by Gasteiger charge is 2.10. The van der Waals surface area contributed by atoms with Crippen LogP contribution in [-0.2, 0) is 11.3 Å². The van der Waals surface area contributed by atoms with E-state index in [0.717, 1.165) is 8.66 Å². The summed E-state index contributed by atoms with van der Waals surface area (Å²) < 4.78 is 1.07. The van der Waals surface area contributed by atoms with E-state index in [2.05, 4.69) is 21.2 Å². The van der Waals surface area contributed by atoms with Crippen molar-refractivity contribution in [3.05, 3.63) is 20.8 Å². The number of carbonyl (C=O) groups is 1. The molecule has 14 heavy (non-hydrogen) atoms. The van der Waals surface area contributed by atoms with Gasteiger partial charge in [0.25, 0.3) is 0 Å². The molecular weight excluding hydrogens is 264 g/mol. The molecule has 0 radical (unpaired) electrons. The van der Waals surface area contributed by atoms with E-state index in [-0.39, 0.29) is 5.91 Å². The molecule has 0 aromatic carbocycles. The maximum Gasteiger partial charge on any atom is 0.237 e. The molecule has 0 fully saturated rings. The van der Waals surface area contributed by atoms with Crippen molar-refractivity contribution in [2.75, 3.05) is 0 Å². The van der Waals surface area contributed by atoms with Crippen LogP contribution >= 0.6 is 27.3 Å². The summed E-state index contributed by atoms with van der Waals surface area (Å²) in [6.45, 7) is 2.45. The second-order valence-corrected chi connectivity index (χ2v) is 5.49. The number of amides is 1. The fraction of sp³-hybridized carbons (Fsp3) is 0.444. The molecule has 0 unspecified atom stereocenters. The fourth-order valence-electron chi connectivity index (χ4n) is 0.937. The van der Waals surface area contributed by atoms with Gasteiger partial charge < -0.3 is 11.1 Å². The summed E-state index contributed by atoms with van der Waals surface area (Å²) in [7, 11) is 0. The molecule has 3 N–H and O–H groups in total. The van der Waals surface area contributed by atoms with Gasteiger partial charge in [-0.3, -0.25) is 4.79 Å². The van der Waals surface area contributed by atoms with Crippen LogP contribution < -0.4 is 11.1 Å². The molecule has 1 atom stereocenters. The minimum atomic E-state index is -0.390. The molecule has 1 amide bonds. The van der Waals surface area contributed by atoms with Gasteiger partial charge in [-0.2, -0.15) is 0 Å². The molecule has 1 aromatic rings. The van der Waals surface area contributed by atoms with Gasteiger partial charge in [0.1, 0.15) is 0 Å².